The maximum absolute atomic E-state index is 8.10. The number of allylic oxidation sites excluding steroid dienone is 4. The summed E-state index contributed by atoms with van der Waals surface area (Å²) in [6, 6.07) is 0. The summed E-state index contributed by atoms with van der Waals surface area (Å²) in [6.45, 7) is 26.5. The van der Waals surface area contributed by atoms with Crippen LogP contribution in [0.1, 0.15) is 62.3 Å². The smallest absolute Gasteiger partial charge is 0.911 e. The van der Waals surface area contributed by atoms with Gasteiger partial charge in [-0.25, -0.2) is 0 Å². The van der Waals surface area contributed by atoms with E-state index in [0.717, 1.165) is 18.5 Å². The molecule has 0 saturated heterocycles. The van der Waals surface area contributed by atoms with Crippen LogP contribution in [0.4, 0.5) is 0 Å². The van der Waals surface area contributed by atoms with E-state index < -0.39 is 0 Å². The van der Waals surface area contributed by atoms with Gasteiger partial charge >= 0.3 is 63.2 Å². The van der Waals surface area contributed by atoms with Crippen LogP contribution in [0, 0.1) is 19.2 Å². The summed E-state index contributed by atoms with van der Waals surface area (Å²) >= 11 is 0. The molecule has 138 valence electrons. The van der Waals surface area contributed by atoms with Gasteiger partial charge in [-0.2, -0.15) is 0 Å². The number of nitrogens with zero attached hydrogens (tertiary/aromatic N) is 3. The summed E-state index contributed by atoms with van der Waals surface area (Å²) < 4.78 is 0. The summed E-state index contributed by atoms with van der Waals surface area (Å²) in [5, 5.41) is 23.8. The molecule has 24 heavy (non-hydrogen) atoms. The Kier molecular flexibility index (Phi) is 213. The van der Waals surface area contributed by atoms with Crippen LogP contribution in [0.3, 0.4) is 0 Å². The quantitative estimate of drug-likeness (QED) is 0.244. The molecule has 0 radical (unpaired) electrons. The van der Waals surface area contributed by atoms with E-state index in [1.165, 1.54) is 13.0 Å². The predicted molar refractivity (Wildman–Crippen MR) is 103 cm³/mol. The van der Waals surface area contributed by atoms with E-state index in [2.05, 4.69) is 6.08 Å². The van der Waals surface area contributed by atoms with Crippen LogP contribution in [-0.2, 0) is 63.2 Å². The fourth-order valence-corrected chi connectivity index (χ4v) is 0.0745. The molecular weight excluding hydrogens is 810 g/mol. The van der Waals surface area contributed by atoms with E-state index in [1.807, 2.05) is 41.5 Å². The van der Waals surface area contributed by atoms with Crippen molar-refractivity contribution in [2.45, 2.75) is 62.3 Å². The van der Waals surface area contributed by atoms with Gasteiger partial charge < -0.3 is 34.4 Å². The molecule has 0 aliphatic heterocycles. The van der Waals surface area contributed by atoms with Crippen molar-refractivity contribution in [3.63, 3.8) is 0 Å². The summed E-state index contributed by atoms with van der Waals surface area (Å²) in [6.07, 6.45) is 6.96. The van der Waals surface area contributed by atoms with E-state index in [-0.39, 0.29) is 68.9 Å². The van der Waals surface area contributed by atoms with Gasteiger partial charge in [0.15, 0.2) is 0 Å². The van der Waals surface area contributed by atoms with Crippen LogP contribution in [-0.4, -0.2) is 18.1 Å². The van der Waals surface area contributed by atoms with Gasteiger partial charge in [0, 0.05) is 0 Å². The van der Waals surface area contributed by atoms with Crippen LogP contribution in [0.2, 0.25) is 0 Å². The first-order valence-corrected chi connectivity index (χ1v) is 7.06. The monoisotopic (exact) mass is 843 g/mol. The first-order chi connectivity index (χ1) is 9.95. The average Bonchev–Trinajstić information content (AvgIpc) is 2.55. The molecule has 0 aliphatic rings. The van der Waals surface area contributed by atoms with Crippen molar-refractivity contribution in [1.29, 1.82) is 0 Å². The second-order valence-electron chi connectivity index (χ2n) is 2.29. The minimum absolute atomic E-state index is 0. The van der Waals surface area contributed by atoms with Crippen molar-refractivity contribution >= 4 is 18.1 Å². The minimum atomic E-state index is 0. The zero-order valence-electron chi connectivity index (χ0n) is 16.5. The number of hydrogen-bond acceptors (Lipinski definition) is 0. The second kappa shape index (κ2) is 90.8. The first kappa shape index (κ1) is 56.4. The third-order valence-electron chi connectivity index (χ3n) is 0.686. The van der Waals surface area contributed by atoms with Crippen molar-refractivity contribution in [3.05, 3.63) is 53.2 Å². The van der Waals surface area contributed by atoms with Crippen LogP contribution in [0.15, 0.2) is 17.7 Å². The minimum Gasteiger partial charge on any atom is -0.911 e. The van der Waals surface area contributed by atoms with Gasteiger partial charge in [-0.05, 0) is 0 Å². The van der Waals surface area contributed by atoms with Crippen LogP contribution < -0.4 is 0 Å². The molecule has 0 aromatic carbocycles. The maximum Gasteiger partial charge on any atom is 2.00 e. The van der Waals surface area contributed by atoms with E-state index in [1.54, 1.807) is 13.8 Å². The Labute approximate surface area is 195 Å². The van der Waals surface area contributed by atoms with Gasteiger partial charge in [-0.15, -0.1) is 13.8 Å². The van der Waals surface area contributed by atoms with Crippen molar-refractivity contribution in [1.82, 2.24) is 0 Å². The van der Waals surface area contributed by atoms with Gasteiger partial charge in [-0.1, -0.05) is 48.5 Å². The van der Waals surface area contributed by atoms with Crippen LogP contribution >= 0.6 is 0 Å². The second-order valence-corrected chi connectivity index (χ2v) is 2.29. The van der Waals surface area contributed by atoms with Crippen molar-refractivity contribution in [2.24, 2.45) is 0 Å². The van der Waals surface area contributed by atoms with E-state index in [9.17, 15) is 0 Å². The normalized spacial score (nSPS) is 5.38. The standard InChI is InChI=1S/3C4H5N.3C2H6.3W/c1-4(2)3-5;1-3-4(2)5;1-2-3-4-5;3*1-2;;;/h2*1,3H,2H3;3-4H,1H3;3*1-2H3;;;/q3*-2;;;;3*+2. The molecule has 0 fully saturated rings. The third kappa shape index (κ3) is 255. The van der Waals surface area contributed by atoms with Gasteiger partial charge in [-0.3, -0.25) is 37.0 Å². The van der Waals surface area contributed by atoms with Crippen LogP contribution in [0.25, 0.3) is 16.2 Å². The van der Waals surface area contributed by atoms with E-state index in [0.29, 0.717) is 5.57 Å². The molecule has 6 heteroatoms. The molecule has 0 bridgehead atoms. The summed E-state index contributed by atoms with van der Waals surface area (Å²) in [4.78, 5) is 0. The molecule has 0 rings (SSSR count). The molecule has 0 aromatic rings. The van der Waals surface area contributed by atoms with Gasteiger partial charge in [0.25, 0.3) is 0 Å². The Morgan fingerprint density at radius 1 is 0.875 bits per heavy atom. The van der Waals surface area contributed by atoms with Crippen molar-refractivity contribution < 1.29 is 63.2 Å². The average molecular weight is 843 g/mol. The molecule has 0 spiro atoms. The Bertz CT molecular complexity index is 234. The van der Waals surface area contributed by atoms with Crippen LogP contribution in [0.5, 0.6) is 0 Å². The number of rotatable bonds is 3. The molecule has 0 atom stereocenters. The summed E-state index contributed by atoms with van der Waals surface area (Å²) in [5.74, 6) is 0. The summed E-state index contributed by atoms with van der Waals surface area (Å²) in [5.41, 5.74) is 0.593. The van der Waals surface area contributed by atoms with Crippen molar-refractivity contribution in [2.75, 3.05) is 0 Å². The number of hydrogen-bond donors (Lipinski definition) is 0. The predicted octanol–water partition coefficient (Wildman–Crippen LogP) is 6.09. The first-order valence-electron chi connectivity index (χ1n) is 7.06. The molecule has 0 saturated carbocycles. The SMILES string of the molecule is CC.CC.CC.C[C-]=CC=[N-].[CH-]=C(C)C=[N-].[CH-]=CC(C)=[N-].[W+2].[W+2].[W+2]. The fraction of sp³-hybridized carbons (Fsp3) is 0.500. The third-order valence-corrected chi connectivity index (χ3v) is 0.686. The Morgan fingerprint density at radius 2 is 1.08 bits per heavy atom. The Balaban J connectivity index is -0.0000000165. The van der Waals surface area contributed by atoms with Gasteiger partial charge in [0.1, 0.15) is 0 Å². The zero-order valence-corrected chi connectivity index (χ0v) is 25.3. The van der Waals surface area contributed by atoms with Gasteiger partial charge in [0.2, 0.25) is 0 Å². The Morgan fingerprint density at radius 3 is 1.08 bits per heavy atom. The molecule has 0 aromatic heterocycles. The fourth-order valence-electron chi connectivity index (χ4n) is 0.0745. The molecular formula is C18H33N3W3. The van der Waals surface area contributed by atoms with Crippen molar-refractivity contribution in [3.8, 4) is 0 Å². The van der Waals surface area contributed by atoms with E-state index in [4.69, 9.17) is 29.4 Å². The maximum atomic E-state index is 8.10. The molecule has 0 aliphatic carbocycles. The molecule has 0 N–H and O–H groups in total. The molecule has 3 nitrogen and oxygen atoms in total. The molecule has 0 heterocycles. The largest absolute Gasteiger partial charge is 2.00 e. The van der Waals surface area contributed by atoms with Gasteiger partial charge in [0.05, 0.1) is 0 Å². The molecule has 0 unspecified atom stereocenters. The van der Waals surface area contributed by atoms with E-state index >= 15 is 0 Å². The summed E-state index contributed by atoms with van der Waals surface area (Å²) in [7, 11) is 0. The Hall–Kier alpha value is 0.295. The zero-order chi connectivity index (χ0) is 18.7. The topological polar surface area (TPSA) is 66.9 Å². The molecule has 0 amide bonds.